The molecule has 0 atom stereocenters. The summed E-state index contributed by atoms with van der Waals surface area (Å²) in [6.45, 7) is 2.63. The van der Waals surface area contributed by atoms with Crippen molar-refractivity contribution in [2.24, 2.45) is 0 Å². The van der Waals surface area contributed by atoms with E-state index in [4.69, 9.17) is 4.74 Å². The van der Waals surface area contributed by atoms with Crippen LogP contribution in [-0.2, 0) is 22.5 Å². The summed E-state index contributed by atoms with van der Waals surface area (Å²) in [6.07, 6.45) is 0.800. The van der Waals surface area contributed by atoms with Crippen LogP contribution in [0.15, 0.2) is 42.5 Å². The minimum atomic E-state index is -0.696. The van der Waals surface area contributed by atoms with Gasteiger partial charge in [0.05, 0.1) is 0 Å². The maximum Gasteiger partial charge on any atom is 0.342 e. The van der Waals surface area contributed by atoms with E-state index in [2.05, 4.69) is 6.07 Å². The molecule has 0 fully saturated rings. The molecule has 3 rings (SSSR count). The lowest BCUT2D eigenvalue weighted by atomic mass is 10.00. The van der Waals surface area contributed by atoms with E-state index in [1.54, 1.807) is 11.0 Å². The Labute approximate surface area is 140 Å². The first kappa shape index (κ1) is 16.1. The van der Waals surface area contributed by atoms with Gasteiger partial charge in [-0.25, -0.2) is 4.79 Å². The molecule has 0 saturated heterocycles. The van der Waals surface area contributed by atoms with Crippen LogP contribution in [0.4, 0.5) is 0 Å². The van der Waals surface area contributed by atoms with Gasteiger partial charge >= 0.3 is 5.97 Å². The number of benzene rings is 2. The molecule has 1 aliphatic rings. The minimum absolute atomic E-state index is 0.0670. The van der Waals surface area contributed by atoms with Crippen LogP contribution in [0.1, 0.15) is 27.0 Å². The number of hydrogen-bond donors (Lipinski definition) is 1. The first-order valence-electron chi connectivity index (χ1n) is 7.86. The lowest BCUT2D eigenvalue weighted by molar-refractivity contribution is -0.135. The molecule has 5 heteroatoms. The zero-order valence-electron chi connectivity index (χ0n) is 13.5. The number of amides is 1. The number of phenolic OH excluding ortho intramolecular Hbond substituents is 1. The molecule has 0 radical (unpaired) electrons. The zero-order chi connectivity index (χ0) is 17.1. The van der Waals surface area contributed by atoms with Gasteiger partial charge in [0.15, 0.2) is 6.61 Å². The summed E-state index contributed by atoms with van der Waals surface area (Å²) in [7, 11) is 0. The van der Waals surface area contributed by atoms with Gasteiger partial charge in [0, 0.05) is 13.1 Å². The molecule has 1 heterocycles. The topological polar surface area (TPSA) is 66.8 Å². The predicted octanol–water partition coefficient (Wildman–Crippen LogP) is 2.44. The molecule has 1 amide bonds. The summed E-state index contributed by atoms with van der Waals surface area (Å²) in [5.41, 5.74) is 3.28. The van der Waals surface area contributed by atoms with Crippen molar-refractivity contribution < 1.29 is 19.4 Å². The van der Waals surface area contributed by atoms with Gasteiger partial charge in [-0.1, -0.05) is 30.3 Å². The second-order valence-corrected chi connectivity index (χ2v) is 5.93. The monoisotopic (exact) mass is 325 g/mol. The Morgan fingerprint density at radius 3 is 2.67 bits per heavy atom. The number of nitrogens with zero attached hydrogens (tertiary/aromatic N) is 1. The molecular weight excluding hydrogens is 306 g/mol. The third kappa shape index (κ3) is 3.40. The molecule has 0 spiro atoms. The highest BCUT2D eigenvalue weighted by Gasteiger charge is 2.22. The molecule has 1 aliphatic heterocycles. The van der Waals surface area contributed by atoms with Crippen molar-refractivity contribution in [2.45, 2.75) is 19.9 Å². The van der Waals surface area contributed by atoms with Gasteiger partial charge in [0.1, 0.15) is 11.3 Å². The molecule has 124 valence electrons. The molecule has 2 aromatic rings. The van der Waals surface area contributed by atoms with Crippen molar-refractivity contribution >= 4 is 11.9 Å². The van der Waals surface area contributed by atoms with Crippen LogP contribution in [0.5, 0.6) is 5.75 Å². The number of carbonyl (C=O) groups is 2. The average Bonchev–Trinajstić information content (AvgIpc) is 2.59. The van der Waals surface area contributed by atoms with Crippen molar-refractivity contribution in [3.63, 3.8) is 0 Å². The molecule has 0 bridgehead atoms. The van der Waals surface area contributed by atoms with Gasteiger partial charge in [0.2, 0.25) is 0 Å². The van der Waals surface area contributed by atoms with Crippen molar-refractivity contribution in [3.05, 3.63) is 64.7 Å². The minimum Gasteiger partial charge on any atom is -0.507 e. The first-order chi connectivity index (χ1) is 11.5. The van der Waals surface area contributed by atoms with E-state index in [1.165, 1.54) is 17.7 Å². The van der Waals surface area contributed by atoms with Crippen LogP contribution in [-0.4, -0.2) is 35.0 Å². The van der Waals surface area contributed by atoms with E-state index >= 15 is 0 Å². The number of aromatic hydroxyl groups is 1. The highest BCUT2D eigenvalue weighted by atomic mass is 16.5. The van der Waals surface area contributed by atoms with E-state index in [0.717, 1.165) is 17.5 Å². The lowest BCUT2D eigenvalue weighted by Gasteiger charge is -2.28. The Morgan fingerprint density at radius 2 is 1.92 bits per heavy atom. The Morgan fingerprint density at radius 1 is 1.17 bits per heavy atom. The van der Waals surface area contributed by atoms with Crippen molar-refractivity contribution in [1.29, 1.82) is 0 Å². The van der Waals surface area contributed by atoms with Gasteiger partial charge < -0.3 is 14.7 Å². The quantitative estimate of drug-likeness (QED) is 0.880. The smallest absolute Gasteiger partial charge is 0.342 e. The van der Waals surface area contributed by atoms with Crippen LogP contribution in [0.3, 0.4) is 0 Å². The highest BCUT2D eigenvalue weighted by Crippen LogP contribution is 2.20. The molecular formula is C19H19NO4. The Balaban J connectivity index is 1.59. The molecule has 1 N–H and O–H groups in total. The Bertz CT molecular complexity index is 785. The molecule has 0 aromatic heterocycles. The maximum absolute atomic E-state index is 12.3. The van der Waals surface area contributed by atoms with E-state index in [9.17, 15) is 14.7 Å². The summed E-state index contributed by atoms with van der Waals surface area (Å²) in [6, 6.07) is 12.7. The molecule has 0 saturated carbocycles. The fourth-order valence-electron chi connectivity index (χ4n) is 2.82. The second-order valence-electron chi connectivity index (χ2n) is 5.93. The van der Waals surface area contributed by atoms with Gasteiger partial charge in [-0.05, 0) is 42.2 Å². The van der Waals surface area contributed by atoms with Gasteiger partial charge in [-0.15, -0.1) is 0 Å². The number of ether oxygens (including phenoxy) is 1. The molecule has 24 heavy (non-hydrogen) atoms. The number of rotatable bonds is 3. The van der Waals surface area contributed by atoms with Gasteiger partial charge in [-0.3, -0.25) is 4.79 Å². The largest absolute Gasteiger partial charge is 0.507 e. The number of esters is 1. The standard InChI is InChI=1S/C19H19NO4/c1-13-6-7-16(17(21)10-13)19(23)24-12-18(22)20-9-8-14-4-2-3-5-15(14)11-20/h2-7,10,21H,8-9,11-12H2,1H3. The molecule has 0 aliphatic carbocycles. The second kappa shape index (κ2) is 6.74. The number of carbonyl (C=O) groups excluding carboxylic acids is 2. The Kier molecular flexibility index (Phi) is 4.51. The zero-order valence-corrected chi connectivity index (χ0v) is 13.5. The van der Waals surface area contributed by atoms with E-state index in [1.807, 2.05) is 25.1 Å². The van der Waals surface area contributed by atoms with Crippen LogP contribution >= 0.6 is 0 Å². The summed E-state index contributed by atoms with van der Waals surface area (Å²) in [5.74, 6) is -1.07. The fourth-order valence-corrected chi connectivity index (χ4v) is 2.82. The van der Waals surface area contributed by atoms with Crippen LogP contribution in [0.25, 0.3) is 0 Å². The van der Waals surface area contributed by atoms with Crippen LogP contribution in [0.2, 0.25) is 0 Å². The summed E-state index contributed by atoms with van der Waals surface area (Å²) in [5, 5.41) is 9.79. The number of phenols is 1. The van der Waals surface area contributed by atoms with Crippen molar-refractivity contribution in [1.82, 2.24) is 4.90 Å². The highest BCUT2D eigenvalue weighted by molar-refractivity contribution is 5.94. The van der Waals surface area contributed by atoms with Gasteiger partial charge in [0.25, 0.3) is 5.91 Å². The van der Waals surface area contributed by atoms with Crippen LogP contribution < -0.4 is 0 Å². The SMILES string of the molecule is Cc1ccc(C(=O)OCC(=O)N2CCc3ccccc3C2)c(O)c1. The van der Waals surface area contributed by atoms with E-state index < -0.39 is 5.97 Å². The summed E-state index contributed by atoms with van der Waals surface area (Å²) >= 11 is 0. The van der Waals surface area contributed by atoms with Crippen molar-refractivity contribution in [3.8, 4) is 5.75 Å². The van der Waals surface area contributed by atoms with Gasteiger partial charge in [-0.2, -0.15) is 0 Å². The number of hydrogen-bond acceptors (Lipinski definition) is 4. The third-order valence-electron chi connectivity index (χ3n) is 4.18. The normalized spacial score (nSPS) is 13.3. The summed E-state index contributed by atoms with van der Waals surface area (Å²) in [4.78, 5) is 26.0. The van der Waals surface area contributed by atoms with Crippen LogP contribution in [0, 0.1) is 6.92 Å². The van der Waals surface area contributed by atoms with Crippen molar-refractivity contribution in [2.75, 3.05) is 13.2 Å². The van der Waals surface area contributed by atoms with E-state index in [0.29, 0.717) is 13.1 Å². The maximum atomic E-state index is 12.3. The first-order valence-corrected chi connectivity index (χ1v) is 7.86. The predicted molar refractivity (Wildman–Crippen MR) is 88.7 cm³/mol. The summed E-state index contributed by atoms with van der Waals surface area (Å²) < 4.78 is 5.06. The molecule has 5 nitrogen and oxygen atoms in total. The molecule has 2 aromatic carbocycles. The number of fused-ring (bicyclic) bond motifs is 1. The lowest BCUT2D eigenvalue weighted by Crippen LogP contribution is -2.38. The Hall–Kier alpha value is -2.82. The fraction of sp³-hybridized carbons (Fsp3) is 0.263. The third-order valence-corrected chi connectivity index (χ3v) is 4.18. The van der Waals surface area contributed by atoms with E-state index in [-0.39, 0.29) is 23.8 Å². The molecule has 0 unspecified atom stereocenters. The number of aryl methyl sites for hydroxylation is 1. The average molecular weight is 325 g/mol.